The maximum Gasteiger partial charge on any atom is 0.0606 e. The second kappa shape index (κ2) is 7.97. The molecular weight excluding hydrogens is 314 g/mol. The van der Waals surface area contributed by atoms with Crippen molar-refractivity contribution in [3.8, 4) is 0 Å². The number of aromatic nitrogens is 1. The van der Waals surface area contributed by atoms with E-state index in [1.54, 1.807) is 0 Å². The number of hydrogen-bond acceptors (Lipinski definition) is 3. The fraction of sp³-hybridized carbons (Fsp3) is 0.200. The van der Waals surface area contributed by atoms with Crippen LogP contribution in [0.2, 0.25) is 0 Å². The number of pyridine rings is 1. The zero-order valence-electron chi connectivity index (χ0n) is 14.1. The molecule has 0 amide bonds. The second-order valence-electron chi connectivity index (χ2n) is 5.68. The molecule has 0 saturated heterocycles. The number of fused-ring (bicyclic) bond motifs is 1. The van der Waals surface area contributed by atoms with E-state index in [0.29, 0.717) is 0 Å². The summed E-state index contributed by atoms with van der Waals surface area (Å²) >= 11 is 0. The topological polar surface area (TPSA) is 37.0 Å². The smallest absolute Gasteiger partial charge is 0.0606 e. The fourth-order valence-corrected chi connectivity index (χ4v) is 3.21. The Morgan fingerprint density at radius 2 is 1.83 bits per heavy atom. The Bertz CT molecular complexity index is 836. The molecule has 0 fully saturated rings. The van der Waals surface area contributed by atoms with Crippen LogP contribution < -0.4 is 10.0 Å². The van der Waals surface area contributed by atoms with Crippen LogP contribution in [0.4, 0.5) is 11.4 Å². The molecule has 0 bridgehead atoms. The van der Waals surface area contributed by atoms with Gasteiger partial charge >= 0.3 is 0 Å². The molecule has 3 aromatic rings. The van der Waals surface area contributed by atoms with Crippen molar-refractivity contribution in [1.82, 2.24) is 4.98 Å². The monoisotopic (exact) mass is 337 g/mol. The minimum absolute atomic E-state index is 0.127. The van der Waals surface area contributed by atoms with Crippen LogP contribution >= 0.6 is 10.7 Å². The summed E-state index contributed by atoms with van der Waals surface area (Å²) in [5.41, 5.74) is 3.60. The lowest BCUT2D eigenvalue weighted by Crippen LogP contribution is -2.05. The van der Waals surface area contributed by atoms with Gasteiger partial charge in [-0.25, -0.2) is 0 Å². The highest BCUT2D eigenvalue weighted by molar-refractivity contribution is 8.15. The van der Waals surface area contributed by atoms with Crippen LogP contribution in [0.25, 0.3) is 10.8 Å². The molecule has 1 unspecified atom stereocenters. The van der Waals surface area contributed by atoms with Gasteiger partial charge in [-0.2, -0.15) is 0 Å². The number of nitrogens with one attached hydrogen (secondary N) is 2. The van der Waals surface area contributed by atoms with Crippen molar-refractivity contribution in [2.75, 3.05) is 22.8 Å². The van der Waals surface area contributed by atoms with Gasteiger partial charge in [-0.1, -0.05) is 36.4 Å². The van der Waals surface area contributed by atoms with E-state index in [-0.39, 0.29) is 10.7 Å². The number of hydrogen-bond donors (Lipinski definition) is 2. The van der Waals surface area contributed by atoms with E-state index in [9.17, 15) is 0 Å². The molecule has 24 heavy (non-hydrogen) atoms. The summed E-state index contributed by atoms with van der Waals surface area (Å²) in [4.78, 5) is 4.31. The summed E-state index contributed by atoms with van der Waals surface area (Å²) in [6.45, 7) is 2.97. The molecule has 0 aliphatic rings. The first-order chi connectivity index (χ1) is 11.8. The number of benzene rings is 2. The quantitative estimate of drug-likeness (QED) is 0.626. The lowest BCUT2D eigenvalue weighted by molar-refractivity contribution is 1.02. The average Bonchev–Trinajstić information content (AvgIpc) is 2.63. The zero-order chi connectivity index (χ0) is 16.8. The van der Waals surface area contributed by atoms with Crippen molar-refractivity contribution in [3.05, 3.63) is 66.5 Å². The molecule has 4 heteroatoms. The third-order valence-electron chi connectivity index (χ3n) is 3.98. The molecule has 3 nitrogen and oxygen atoms in total. The van der Waals surface area contributed by atoms with Gasteiger partial charge in [-0.05, 0) is 42.7 Å². The van der Waals surface area contributed by atoms with E-state index in [4.69, 9.17) is 0 Å². The van der Waals surface area contributed by atoms with Crippen molar-refractivity contribution in [3.63, 3.8) is 0 Å². The summed E-state index contributed by atoms with van der Waals surface area (Å²) in [5, 5.41) is 8.07. The number of nitrogens with zero attached hydrogens (tertiary/aromatic N) is 1. The van der Waals surface area contributed by atoms with E-state index in [1.807, 2.05) is 18.5 Å². The van der Waals surface area contributed by atoms with E-state index in [1.165, 1.54) is 22.0 Å². The van der Waals surface area contributed by atoms with Crippen molar-refractivity contribution < 1.29 is 0 Å². The van der Waals surface area contributed by atoms with Gasteiger partial charge in [0.05, 0.1) is 11.9 Å². The molecule has 0 aliphatic heterocycles. The number of rotatable bonds is 6. The predicted octanol–water partition coefficient (Wildman–Crippen LogP) is 4.94. The van der Waals surface area contributed by atoms with Gasteiger partial charge in [-0.3, -0.25) is 4.98 Å². The Kier molecular flexibility index (Phi) is 5.49. The highest BCUT2D eigenvalue weighted by Gasteiger charge is 2.01. The molecule has 0 radical (unpaired) electrons. The van der Waals surface area contributed by atoms with Crippen LogP contribution in [0, 0.1) is 0 Å². The molecule has 0 spiro atoms. The van der Waals surface area contributed by atoms with Gasteiger partial charge in [0.25, 0.3) is 0 Å². The van der Waals surface area contributed by atoms with Crippen LogP contribution in [0.3, 0.4) is 0 Å². The van der Waals surface area contributed by atoms with Crippen molar-refractivity contribution in [2.24, 2.45) is 0 Å². The van der Waals surface area contributed by atoms with E-state index in [2.05, 4.69) is 76.0 Å². The van der Waals surface area contributed by atoms with E-state index in [0.717, 1.165) is 18.7 Å². The maximum absolute atomic E-state index is 4.31. The van der Waals surface area contributed by atoms with Gasteiger partial charge < -0.3 is 10.0 Å². The standard InChI is InChI=1S/C20H23N3S/c1-3-24(2)23-18-10-8-16(9-11-18)12-13-22-20-15-21-14-17-6-4-5-7-19(17)20/h3-11,14-15,22-23H,12-13H2,1-2H3. The maximum atomic E-state index is 4.31. The van der Waals surface area contributed by atoms with Crippen LogP contribution in [0.5, 0.6) is 0 Å². The molecule has 0 saturated carbocycles. The van der Waals surface area contributed by atoms with Crippen LogP contribution in [0.15, 0.2) is 60.9 Å². The molecule has 0 aliphatic carbocycles. The lowest BCUT2D eigenvalue weighted by atomic mass is 10.1. The normalized spacial score (nSPS) is 12.2. The first-order valence-corrected chi connectivity index (χ1v) is 9.82. The third kappa shape index (κ3) is 4.15. The van der Waals surface area contributed by atoms with Gasteiger partial charge in [-0.15, -0.1) is 10.7 Å². The van der Waals surface area contributed by atoms with Crippen molar-refractivity contribution in [1.29, 1.82) is 0 Å². The van der Waals surface area contributed by atoms with Crippen LogP contribution in [-0.4, -0.2) is 23.2 Å². The Hall–Kier alpha value is -2.33. The summed E-state index contributed by atoms with van der Waals surface area (Å²) in [5.74, 6) is 0. The predicted molar refractivity (Wildman–Crippen MR) is 109 cm³/mol. The van der Waals surface area contributed by atoms with Gasteiger partial charge in [0, 0.05) is 29.2 Å². The molecule has 2 aromatic carbocycles. The molecule has 1 heterocycles. The summed E-state index contributed by atoms with van der Waals surface area (Å²) < 4.78 is 3.47. The zero-order valence-corrected chi connectivity index (χ0v) is 14.9. The van der Waals surface area contributed by atoms with Crippen molar-refractivity contribution >= 4 is 38.2 Å². The summed E-state index contributed by atoms with van der Waals surface area (Å²) in [6.07, 6.45) is 6.97. The van der Waals surface area contributed by atoms with Gasteiger partial charge in [0.15, 0.2) is 0 Å². The molecule has 124 valence electrons. The highest BCUT2D eigenvalue weighted by Crippen LogP contribution is 2.21. The van der Waals surface area contributed by atoms with Crippen molar-refractivity contribution in [2.45, 2.75) is 13.3 Å². The average molecular weight is 337 g/mol. The van der Waals surface area contributed by atoms with Crippen LogP contribution in [0.1, 0.15) is 12.5 Å². The Morgan fingerprint density at radius 3 is 2.62 bits per heavy atom. The van der Waals surface area contributed by atoms with Crippen LogP contribution in [-0.2, 0) is 6.42 Å². The first-order valence-electron chi connectivity index (χ1n) is 8.12. The molecule has 1 atom stereocenters. The Balaban J connectivity index is 1.60. The van der Waals surface area contributed by atoms with E-state index < -0.39 is 0 Å². The summed E-state index contributed by atoms with van der Waals surface area (Å²) in [6, 6.07) is 17.0. The lowest BCUT2D eigenvalue weighted by Gasteiger charge is -2.10. The fourth-order valence-electron chi connectivity index (χ4n) is 2.58. The Morgan fingerprint density at radius 1 is 1.04 bits per heavy atom. The van der Waals surface area contributed by atoms with Gasteiger partial charge in [0.2, 0.25) is 0 Å². The second-order valence-corrected chi connectivity index (χ2v) is 7.47. The Labute approximate surface area is 146 Å². The highest BCUT2D eigenvalue weighted by atomic mass is 32.2. The SMILES string of the molecule is C/C=S(\C)Nc1ccc(CCNc2cncc3ccccc23)cc1. The largest absolute Gasteiger partial charge is 0.383 e. The molecule has 3 rings (SSSR count). The third-order valence-corrected chi connectivity index (χ3v) is 5.25. The molecule has 1 aromatic heterocycles. The molecular formula is C20H23N3S. The minimum Gasteiger partial charge on any atom is -0.383 e. The van der Waals surface area contributed by atoms with Gasteiger partial charge in [0.1, 0.15) is 0 Å². The minimum atomic E-state index is 0.127. The summed E-state index contributed by atoms with van der Waals surface area (Å²) in [7, 11) is 0.127. The first kappa shape index (κ1) is 16.5. The number of anilines is 2. The molecule has 2 N–H and O–H groups in total. The van der Waals surface area contributed by atoms with E-state index >= 15 is 0 Å².